The van der Waals surface area contributed by atoms with E-state index in [2.05, 4.69) is 41.2 Å². The predicted octanol–water partition coefficient (Wildman–Crippen LogP) is 1.16. The van der Waals surface area contributed by atoms with Crippen LogP contribution in [0.5, 0.6) is 0 Å². The van der Waals surface area contributed by atoms with Gasteiger partial charge in [-0.1, -0.05) is 23.3 Å². The number of primary amides is 1. The van der Waals surface area contributed by atoms with Gasteiger partial charge in [-0.15, -0.1) is 10.2 Å². The first-order chi connectivity index (χ1) is 16.6. The molecule has 0 aliphatic heterocycles. The molecule has 5 rings (SSSR count). The van der Waals surface area contributed by atoms with Crippen LogP contribution in [0.3, 0.4) is 0 Å². The number of anilines is 3. The summed E-state index contributed by atoms with van der Waals surface area (Å²) in [6.07, 6.45) is 12.2. The summed E-state index contributed by atoms with van der Waals surface area (Å²) in [4.78, 5) is 20.9. The molecule has 0 unspecified atom stereocenters. The molecule has 3 aromatic heterocycles. The second-order valence-electron chi connectivity index (χ2n) is 8.07. The predicted molar refractivity (Wildman–Crippen MR) is 124 cm³/mol. The first kappa shape index (κ1) is 21.5. The van der Waals surface area contributed by atoms with E-state index >= 15 is 0 Å². The standard InChI is InChI=1S/C21H24N12O/c22-16-3-1-2-4-17(16)28-18-12-24-19(20(23)34)21(29-18)27-13-9-14(32-7-5-25-30-32)11-15(10-13)33-8-6-26-31-33/h5-12,16-17H,1-4,22H2,(H2,23,34)(H2,27,28,29)/t16-,17+/m0/s1. The SMILES string of the molecule is NC(=O)c1ncc(N[C@@H]2CCCC[C@@H]2N)nc1Nc1cc(-n2ccnn2)cc(-n2ccnn2)c1. The molecule has 1 aromatic carbocycles. The zero-order valence-corrected chi connectivity index (χ0v) is 18.2. The van der Waals surface area contributed by atoms with Crippen molar-refractivity contribution in [2.24, 2.45) is 11.5 Å². The van der Waals surface area contributed by atoms with Gasteiger partial charge in [0.05, 0.1) is 42.4 Å². The van der Waals surface area contributed by atoms with E-state index in [0.717, 1.165) is 25.7 Å². The van der Waals surface area contributed by atoms with E-state index in [-0.39, 0.29) is 23.6 Å². The van der Waals surface area contributed by atoms with Gasteiger partial charge in [0, 0.05) is 17.8 Å². The number of carbonyl (C=O) groups excluding carboxylic acids is 1. The molecule has 13 nitrogen and oxygen atoms in total. The first-order valence-corrected chi connectivity index (χ1v) is 10.9. The number of amides is 1. The van der Waals surface area contributed by atoms with Crippen molar-refractivity contribution in [3.05, 3.63) is 54.9 Å². The van der Waals surface area contributed by atoms with Crippen LogP contribution in [0.15, 0.2) is 49.2 Å². The third kappa shape index (κ3) is 4.54. The molecular formula is C21H24N12O. The average Bonchev–Trinajstić information content (AvgIpc) is 3.55. The zero-order chi connectivity index (χ0) is 23.5. The molecule has 0 radical (unpaired) electrons. The van der Waals surface area contributed by atoms with Crippen LogP contribution in [0.25, 0.3) is 11.4 Å². The maximum Gasteiger partial charge on any atom is 0.271 e. The fourth-order valence-electron chi connectivity index (χ4n) is 4.02. The molecule has 4 aromatic rings. The minimum atomic E-state index is -0.695. The lowest BCUT2D eigenvalue weighted by Crippen LogP contribution is -2.42. The summed E-state index contributed by atoms with van der Waals surface area (Å²) < 4.78 is 3.21. The maximum atomic E-state index is 12.1. The monoisotopic (exact) mass is 460 g/mol. The highest BCUT2D eigenvalue weighted by Crippen LogP contribution is 2.26. The molecule has 0 spiro atoms. The number of hydrogen-bond acceptors (Lipinski definition) is 10. The molecule has 174 valence electrons. The summed E-state index contributed by atoms with van der Waals surface area (Å²) in [6.45, 7) is 0. The number of nitrogens with two attached hydrogens (primary N) is 2. The average molecular weight is 461 g/mol. The summed E-state index contributed by atoms with van der Waals surface area (Å²) >= 11 is 0. The molecule has 34 heavy (non-hydrogen) atoms. The number of carbonyl (C=O) groups is 1. The van der Waals surface area contributed by atoms with Crippen LogP contribution in [0.2, 0.25) is 0 Å². The number of nitrogens with zero attached hydrogens (tertiary/aromatic N) is 8. The summed E-state index contributed by atoms with van der Waals surface area (Å²) in [7, 11) is 0. The molecule has 13 heteroatoms. The van der Waals surface area contributed by atoms with Crippen molar-refractivity contribution >= 4 is 23.2 Å². The lowest BCUT2D eigenvalue weighted by Gasteiger charge is -2.29. The number of rotatable bonds is 7. The Morgan fingerprint density at radius 3 is 2.26 bits per heavy atom. The van der Waals surface area contributed by atoms with Crippen LogP contribution in [-0.4, -0.2) is 57.9 Å². The number of nitrogens with one attached hydrogen (secondary N) is 2. The van der Waals surface area contributed by atoms with Gasteiger partial charge in [-0.05, 0) is 31.0 Å². The van der Waals surface area contributed by atoms with Crippen molar-refractivity contribution in [1.29, 1.82) is 0 Å². The van der Waals surface area contributed by atoms with Gasteiger partial charge in [0.15, 0.2) is 11.5 Å². The van der Waals surface area contributed by atoms with Gasteiger partial charge in [0.2, 0.25) is 0 Å². The maximum absolute atomic E-state index is 12.1. The highest BCUT2D eigenvalue weighted by molar-refractivity contribution is 5.96. The van der Waals surface area contributed by atoms with E-state index in [1.165, 1.54) is 6.20 Å². The van der Waals surface area contributed by atoms with Crippen molar-refractivity contribution in [1.82, 2.24) is 40.0 Å². The summed E-state index contributed by atoms with van der Waals surface area (Å²) in [6, 6.07) is 5.66. The number of benzene rings is 1. The topological polar surface area (TPSA) is 180 Å². The molecule has 6 N–H and O–H groups in total. The Balaban J connectivity index is 1.50. The Kier molecular flexibility index (Phi) is 5.82. The first-order valence-electron chi connectivity index (χ1n) is 10.9. The van der Waals surface area contributed by atoms with Gasteiger partial charge >= 0.3 is 0 Å². The largest absolute Gasteiger partial charge is 0.364 e. The van der Waals surface area contributed by atoms with Gasteiger partial charge < -0.3 is 22.1 Å². The molecule has 1 fully saturated rings. The smallest absolute Gasteiger partial charge is 0.271 e. The van der Waals surface area contributed by atoms with Crippen LogP contribution >= 0.6 is 0 Å². The molecule has 1 aliphatic carbocycles. The van der Waals surface area contributed by atoms with Crippen LogP contribution in [0.1, 0.15) is 36.2 Å². The third-order valence-electron chi connectivity index (χ3n) is 5.70. The van der Waals surface area contributed by atoms with E-state index < -0.39 is 5.91 Å². The quantitative estimate of drug-likeness (QED) is 0.312. The normalized spacial score (nSPS) is 17.9. The Morgan fingerprint density at radius 2 is 1.68 bits per heavy atom. The van der Waals surface area contributed by atoms with E-state index in [4.69, 9.17) is 11.5 Å². The summed E-state index contributed by atoms with van der Waals surface area (Å²) in [5.41, 5.74) is 13.9. The summed E-state index contributed by atoms with van der Waals surface area (Å²) in [5, 5.41) is 22.4. The molecule has 1 aliphatic rings. The lowest BCUT2D eigenvalue weighted by molar-refractivity contribution is 0.0996. The fraction of sp³-hybridized carbons (Fsp3) is 0.286. The fourth-order valence-corrected chi connectivity index (χ4v) is 4.02. The minimum absolute atomic E-state index is 0.0203. The highest BCUT2D eigenvalue weighted by Gasteiger charge is 2.23. The van der Waals surface area contributed by atoms with E-state index in [1.54, 1.807) is 34.2 Å². The lowest BCUT2D eigenvalue weighted by atomic mass is 9.91. The van der Waals surface area contributed by atoms with Crippen molar-refractivity contribution in [2.75, 3.05) is 10.6 Å². The Morgan fingerprint density at radius 1 is 1.00 bits per heavy atom. The van der Waals surface area contributed by atoms with Gasteiger partial charge in [0.1, 0.15) is 5.82 Å². The molecular weight excluding hydrogens is 436 g/mol. The number of aromatic nitrogens is 8. The Hall–Kier alpha value is -4.39. The van der Waals surface area contributed by atoms with Crippen molar-refractivity contribution in [3.63, 3.8) is 0 Å². The van der Waals surface area contributed by atoms with E-state index in [0.29, 0.717) is 22.9 Å². The van der Waals surface area contributed by atoms with Gasteiger partial charge in [-0.2, -0.15) is 0 Å². The van der Waals surface area contributed by atoms with Crippen LogP contribution in [0.4, 0.5) is 17.3 Å². The van der Waals surface area contributed by atoms with Crippen LogP contribution < -0.4 is 22.1 Å². The van der Waals surface area contributed by atoms with Crippen molar-refractivity contribution in [3.8, 4) is 11.4 Å². The Bertz CT molecular complexity index is 1220. The Labute approximate surface area is 194 Å². The van der Waals surface area contributed by atoms with Gasteiger partial charge in [0.25, 0.3) is 5.91 Å². The second kappa shape index (κ2) is 9.23. The third-order valence-corrected chi connectivity index (χ3v) is 5.70. The van der Waals surface area contributed by atoms with Crippen LogP contribution in [-0.2, 0) is 0 Å². The number of hydrogen-bond donors (Lipinski definition) is 4. The molecule has 0 bridgehead atoms. The van der Waals surface area contributed by atoms with E-state index in [9.17, 15) is 4.79 Å². The molecule has 1 amide bonds. The molecule has 1 saturated carbocycles. The van der Waals surface area contributed by atoms with Gasteiger partial charge in [-0.3, -0.25) is 4.79 Å². The zero-order valence-electron chi connectivity index (χ0n) is 18.2. The molecule has 2 atom stereocenters. The van der Waals surface area contributed by atoms with Crippen LogP contribution in [0, 0.1) is 0 Å². The van der Waals surface area contributed by atoms with Gasteiger partial charge in [-0.25, -0.2) is 19.3 Å². The molecule has 0 saturated heterocycles. The second-order valence-corrected chi connectivity index (χ2v) is 8.07. The highest BCUT2D eigenvalue weighted by atomic mass is 16.1. The summed E-state index contributed by atoms with van der Waals surface area (Å²) in [5.74, 6) is 0.0424. The van der Waals surface area contributed by atoms with Crippen molar-refractivity contribution < 1.29 is 4.79 Å². The minimum Gasteiger partial charge on any atom is -0.364 e. The molecule has 3 heterocycles. The van der Waals surface area contributed by atoms with E-state index in [1.807, 2.05) is 18.2 Å². The van der Waals surface area contributed by atoms with Crippen molar-refractivity contribution in [2.45, 2.75) is 37.8 Å².